The third kappa shape index (κ3) is 12.1. The van der Waals surface area contributed by atoms with Gasteiger partial charge < -0.3 is 7.59 Å². The van der Waals surface area contributed by atoms with E-state index in [-0.39, 0.29) is 25.9 Å². The van der Waals surface area contributed by atoms with Crippen LogP contribution in [0.4, 0.5) is 0 Å². The van der Waals surface area contributed by atoms with E-state index in [0.717, 1.165) is 13.2 Å². The molecular weight excluding hydrogens is 148 g/mol. The summed E-state index contributed by atoms with van der Waals surface area (Å²) in [5.41, 5.74) is 1.22. The van der Waals surface area contributed by atoms with E-state index in [9.17, 15) is 0 Å². The van der Waals surface area contributed by atoms with Crippen LogP contribution < -0.4 is 0 Å². The van der Waals surface area contributed by atoms with Gasteiger partial charge in [-0.3, -0.25) is 0 Å². The SMILES string of the molecule is C1CCOC1.C=CCl.[H-].[H-].[Mg+2]. The predicted molar refractivity (Wildman–Crippen MR) is 44.1 cm³/mol. The fourth-order valence-electron chi connectivity index (χ4n) is 0.510. The van der Waals surface area contributed by atoms with Crippen molar-refractivity contribution < 1.29 is 7.59 Å². The van der Waals surface area contributed by atoms with Gasteiger partial charge in [0, 0.05) is 13.2 Å². The van der Waals surface area contributed by atoms with E-state index in [2.05, 4.69) is 6.58 Å². The largest absolute Gasteiger partial charge is 2.00 e. The maximum atomic E-state index is 4.94. The van der Waals surface area contributed by atoms with Crippen LogP contribution in [0.25, 0.3) is 0 Å². The van der Waals surface area contributed by atoms with Gasteiger partial charge in [0.25, 0.3) is 0 Å². The zero-order chi connectivity index (χ0) is 6.24. The molecule has 1 aliphatic heterocycles. The molecule has 0 aliphatic carbocycles. The number of hydrogen-bond donors (Lipinski definition) is 0. The number of halogens is 1. The van der Waals surface area contributed by atoms with E-state index in [1.165, 1.54) is 18.4 Å². The average molecular weight is 161 g/mol. The van der Waals surface area contributed by atoms with Gasteiger partial charge in [0.05, 0.1) is 0 Å². The van der Waals surface area contributed by atoms with Crippen molar-refractivity contribution in [2.24, 2.45) is 0 Å². The first-order chi connectivity index (χ1) is 3.91. The van der Waals surface area contributed by atoms with Crippen LogP contribution in [0, 0.1) is 0 Å². The van der Waals surface area contributed by atoms with E-state index >= 15 is 0 Å². The third-order valence-electron chi connectivity index (χ3n) is 0.827. The Morgan fingerprint density at radius 3 is 1.89 bits per heavy atom. The Balaban J connectivity index is -0.0000000379. The van der Waals surface area contributed by atoms with Crippen LogP contribution in [0.1, 0.15) is 15.7 Å². The summed E-state index contributed by atoms with van der Waals surface area (Å²) in [6, 6.07) is 0. The minimum atomic E-state index is 0. The monoisotopic (exact) mass is 160 g/mol. The van der Waals surface area contributed by atoms with Crippen molar-refractivity contribution in [3.05, 3.63) is 12.1 Å². The van der Waals surface area contributed by atoms with E-state index in [1.807, 2.05) is 0 Å². The second kappa shape index (κ2) is 11.5. The molecule has 0 atom stereocenters. The average Bonchev–Trinajstić information content (AvgIpc) is 2.17. The molecule has 0 unspecified atom stereocenters. The minimum Gasteiger partial charge on any atom is -1.00 e. The van der Waals surface area contributed by atoms with Crippen molar-refractivity contribution >= 4 is 34.7 Å². The summed E-state index contributed by atoms with van der Waals surface area (Å²) in [4.78, 5) is 0. The molecule has 3 heteroatoms. The molecule has 1 rings (SSSR count). The van der Waals surface area contributed by atoms with Crippen LogP contribution >= 0.6 is 11.6 Å². The third-order valence-corrected chi connectivity index (χ3v) is 0.827. The van der Waals surface area contributed by atoms with Crippen LogP contribution in [0.3, 0.4) is 0 Å². The van der Waals surface area contributed by atoms with Crippen molar-refractivity contribution in [3.63, 3.8) is 0 Å². The molecular formula is C6H13ClMgO. The fourth-order valence-corrected chi connectivity index (χ4v) is 0.510. The second-order valence-electron chi connectivity index (χ2n) is 1.47. The van der Waals surface area contributed by atoms with Gasteiger partial charge in [0.2, 0.25) is 0 Å². The number of rotatable bonds is 0. The molecule has 0 N–H and O–H groups in total. The Labute approximate surface area is 80.5 Å². The van der Waals surface area contributed by atoms with Crippen LogP contribution in [0.5, 0.6) is 0 Å². The first kappa shape index (κ1) is 12.4. The first-order valence-electron chi connectivity index (χ1n) is 2.70. The molecule has 0 saturated carbocycles. The van der Waals surface area contributed by atoms with Crippen molar-refractivity contribution in [2.45, 2.75) is 12.8 Å². The van der Waals surface area contributed by atoms with E-state index in [0.29, 0.717) is 0 Å². The minimum absolute atomic E-state index is 0. The van der Waals surface area contributed by atoms with Gasteiger partial charge in [-0.2, -0.15) is 0 Å². The Bertz CT molecular complexity index is 54.9. The molecule has 52 valence electrons. The molecule has 0 aromatic rings. The fraction of sp³-hybridized carbons (Fsp3) is 0.667. The molecule has 1 fully saturated rings. The molecule has 0 bridgehead atoms. The summed E-state index contributed by atoms with van der Waals surface area (Å²) in [6.45, 7) is 5.13. The van der Waals surface area contributed by atoms with Gasteiger partial charge in [-0.1, -0.05) is 18.2 Å². The smallest absolute Gasteiger partial charge is 1.00 e. The summed E-state index contributed by atoms with van der Waals surface area (Å²) in [5.74, 6) is 0. The molecule has 1 nitrogen and oxygen atoms in total. The zero-order valence-corrected chi connectivity index (χ0v) is 7.78. The summed E-state index contributed by atoms with van der Waals surface area (Å²) in [7, 11) is 0. The normalized spacial score (nSPS) is 14.8. The number of hydrogen-bond acceptors (Lipinski definition) is 1. The molecule has 9 heavy (non-hydrogen) atoms. The first-order valence-corrected chi connectivity index (χ1v) is 3.14. The zero-order valence-electron chi connectivity index (χ0n) is 7.61. The van der Waals surface area contributed by atoms with Crippen LogP contribution in [-0.4, -0.2) is 36.3 Å². The molecule has 1 heterocycles. The summed E-state index contributed by atoms with van der Waals surface area (Å²) in [5, 5.41) is 0. The van der Waals surface area contributed by atoms with Crippen LogP contribution in [-0.2, 0) is 4.74 Å². The van der Waals surface area contributed by atoms with Gasteiger partial charge in [-0.05, 0) is 18.4 Å². The van der Waals surface area contributed by atoms with Crippen molar-refractivity contribution in [1.82, 2.24) is 0 Å². The predicted octanol–water partition coefficient (Wildman–Crippen LogP) is 2.01. The molecule has 0 spiro atoms. The van der Waals surface area contributed by atoms with Gasteiger partial charge in [0.15, 0.2) is 0 Å². The van der Waals surface area contributed by atoms with Crippen molar-refractivity contribution in [3.8, 4) is 0 Å². The van der Waals surface area contributed by atoms with E-state index in [1.54, 1.807) is 0 Å². The Morgan fingerprint density at radius 2 is 1.78 bits per heavy atom. The Morgan fingerprint density at radius 1 is 1.44 bits per heavy atom. The molecule has 0 radical (unpaired) electrons. The van der Waals surface area contributed by atoms with Gasteiger partial charge in [-0.25, -0.2) is 0 Å². The summed E-state index contributed by atoms with van der Waals surface area (Å²) in [6.07, 6.45) is 2.56. The summed E-state index contributed by atoms with van der Waals surface area (Å²) >= 11 is 4.76. The van der Waals surface area contributed by atoms with E-state index in [4.69, 9.17) is 16.3 Å². The quantitative estimate of drug-likeness (QED) is 0.493. The van der Waals surface area contributed by atoms with Gasteiger partial charge >= 0.3 is 23.1 Å². The molecule has 0 aromatic carbocycles. The topological polar surface area (TPSA) is 9.23 Å². The van der Waals surface area contributed by atoms with Crippen LogP contribution in [0.15, 0.2) is 12.1 Å². The van der Waals surface area contributed by atoms with Crippen LogP contribution in [0.2, 0.25) is 0 Å². The van der Waals surface area contributed by atoms with Crippen molar-refractivity contribution in [2.75, 3.05) is 13.2 Å². The van der Waals surface area contributed by atoms with Gasteiger partial charge in [-0.15, -0.1) is 0 Å². The van der Waals surface area contributed by atoms with Gasteiger partial charge in [0.1, 0.15) is 0 Å². The Kier molecular flexibility index (Phi) is 15.9. The maximum Gasteiger partial charge on any atom is 2.00 e. The number of ether oxygens (including phenoxy) is 1. The maximum absolute atomic E-state index is 4.94. The van der Waals surface area contributed by atoms with Crippen molar-refractivity contribution in [1.29, 1.82) is 0 Å². The second-order valence-corrected chi connectivity index (χ2v) is 1.78. The summed E-state index contributed by atoms with van der Waals surface area (Å²) < 4.78 is 4.94. The Hall–Kier alpha value is 0.756. The standard InChI is InChI=1S/C4H8O.C2H3Cl.Mg.2H/c1-2-4-5-3-1;1-2-3;;;/h1-4H2;2H,1H2;;;/q;;+2;2*-1. The van der Waals surface area contributed by atoms with E-state index < -0.39 is 0 Å². The molecule has 1 aliphatic rings. The molecule has 1 saturated heterocycles. The molecule has 0 amide bonds. The molecule has 0 aromatic heterocycles.